The number of nitrogen functional groups attached to an aromatic ring is 2. The van der Waals surface area contributed by atoms with Crippen LogP contribution in [0.25, 0.3) is 0 Å². The molecule has 1 aromatic rings. The van der Waals surface area contributed by atoms with Gasteiger partial charge in [0.25, 0.3) is 0 Å². The van der Waals surface area contributed by atoms with E-state index in [9.17, 15) is 0 Å². The summed E-state index contributed by atoms with van der Waals surface area (Å²) in [5.74, 6) is 0. The third-order valence-electron chi connectivity index (χ3n) is 1.62. The summed E-state index contributed by atoms with van der Waals surface area (Å²) in [6, 6.07) is 5.21. The predicted molar refractivity (Wildman–Crippen MR) is 44.7 cm³/mol. The Morgan fingerprint density at radius 2 is 1.73 bits per heavy atom. The molecule has 0 aliphatic heterocycles. The van der Waals surface area contributed by atoms with Gasteiger partial charge in [-0.05, 0) is 24.6 Å². The fourth-order valence-electron chi connectivity index (χ4n) is 0.824. The lowest BCUT2D eigenvalue weighted by Gasteiger charge is -2.03. The maximum atomic E-state index is 8.52. The molecule has 0 aromatic heterocycles. The minimum atomic E-state index is 0.505. The first-order valence-corrected chi connectivity index (χ1v) is 3.21. The summed E-state index contributed by atoms with van der Waals surface area (Å²) in [5, 5.41) is 8.52. The van der Waals surface area contributed by atoms with Crippen molar-refractivity contribution in [2.24, 2.45) is 0 Å². The Bertz CT molecular complexity index is 300. The number of rotatable bonds is 0. The van der Waals surface area contributed by atoms with Gasteiger partial charge in [0.2, 0.25) is 0 Å². The molecule has 3 nitrogen and oxygen atoms in total. The predicted octanol–water partition coefficient (Wildman–Crippen LogP) is 1.03. The Morgan fingerprint density at radius 1 is 1.27 bits per heavy atom. The summed E-state index contributed by atoms with van der Waals surface area (Å²) in [5.41, 5.74) is 13.6. The average Bonchev–Trinajstić information content (AvgIpc) is 1.99. The van der Waals surface area contributed by atoms with Gasteiger partial charge in [-0.2, -0.15) is 5.26 Å². The zero-order valence-corrected chi connectivity index (χ0v) is 6.26. The van der Waals surface area contributed by atoms with Gasteiger partial charge < -0.3 is 11.5 Å². The van der Waals surface area contributed by atoms with E-state index < -0.39 is 0 Å². The minimum Gasteiger partial charge on any atom is -0.398 e. The largest absolute Gasteiger partial charge is 0.398 e. The van der Waals surface area contributed by atoms with Crippen molar-refractivity contribution in [3.05, 3.63) is 23.3 Å². The number of hydrogen-bond donors (Lipinski definition) is 2. The molecule has 0 fully saturated rings. The lowest BCUT2D eigenvalue weighted by molar-refractivity contribution is 1.43. The molecule has 0 atom stereocenters. The molecule has 0 aliphatic carbocycles. The van der Waals surface area contributed by atoms with Crippen LogP contribution >= 0.6 is 0 Å². The van der Waals surface area contributed by atoms with Gasteiger partial charge in [0, 0.05) is 11.4 Å². The molecule has 3 heteroatoms. The highest BCUT2D eigenvalue weighted by molar-refractivity contribution is 5.64. The van der Waals surface area contributed by atoms with Crippen LogP contribution in [0.15, 0.2) is 12.1 Å². The van der Waals surface area contributed by atoms with Crippen LogP contribution in [0.3, 0.4) is 0 Å². The van der Waals surface area contributed by atoms with Gasteiger partial charge in [-0.1, -0.05) is 0 Å². The summed E-state index contributed by atoms with van der Waals surface area (Å²) in [4.78, 5) is 0. The fraction of sp³-hybridized carbons (Fsp3) is 0.125. The Morgan fingerprint density at radius 3 is 2.09 bits per heavy atom. The lowest BCUT2D eigenvalue weighted by atomic mass is 10.1. The molecule has 0 spiro atoms. The first-order valence-electron chi connectivity index (χ1n) is 3.21. The van der Waals surface area contributed by atoms with Crippen molar-refractivity contribution in [3.63, 3.8) is 0 Å². The fourth-order valence-corrected chi connectivity index (χ4v) is 0.824. The molecule has 1 rings (SSSR count). The van der Waals surface area contributed by atoms with Crippen LogP contribution in [0.2, 0.25) is 0 Å². The van der Waals surface area contributed by atoms with Gasteiger partial charge in [-0.15, -0.1) is 0 Å². The molecule has 0 amide bonds. The van der Waals surface area contributed by atoms with E-state index in [0.29, 0.717) is 16.9 Å². The monoisotopic (exact) mass is 147 g/mol. The van der Waals surface area contributed by atoms with E-state index in [4.69, 9.17) is 16.7 Å². The zero-order valence-electron chi connectivity index (χ0n) is 6.26. The van der Waals surface area contributed by atoms with Crippen LogP contribution in [-0.2, 0) is 0 Å². The second-order valence-corrected chi connectivity index (χ2v) is 2.39. The van der Waals surface area contributed by atoms with Gasteiger partial charge in [0.05, 0.1) is 11.6 Å². The molecule has 0 radical (unpaired) electrons. The van der Waals surface area contributed by atoms with Crippen molar-refractivity contribution in [3.8, 4) is 6.07 Å². The molecule has 0 aliphatic rings. The second kappa shape index (κ2) is 2.51. The molecule has 56 valence electrons. The first kappa shape index (κ1) is 7.42. The minimum absolute atomic E-state index is 0.505. The first-order chi connectivity index (χ1) is 5.15. The second-order valence-electron chi connectivity index (χ2n) is 2.39. The van der Waals surface area contributed by atoms with Crippen LogP contribution in [0.5, 0.6) is 0 Å². The molecular weight excluding hydrogens is 138 g/mol. The topological polar surface area (TPSA) is 75.8 Å². The highest BCUT2D eigenvalue weighted by Crippen LogP contribution is 2.19. The van der Waals surface area contributed by atoms with Crippen molar-refractivity contribution in [1.82, 2.24) is 0 Å². The van der Waals surface area contributed by atoms with E-state index >= 15 is 0 Å². The quantitative estimate of drug-likeness (QED) is 0.538. The van der Waals surface area contributed by atoms with E-state index in [-0.39, 0.29) is 0 Å². The number of nitriles is 1. The maximum absolute atomic E-state index is 8.52. The van der Waals surface area contributed by atoms with Crippen LogP contribution in [0, 0.1) is 18.3 Å². The lowest BCUT2D eigenvalue weighted by Crippen LogP contribution is -1.96. The Balaban J connectivity index is 3.35. The van der Waals surface area contributed by atoms with Gasteiger partial charge in [0.15, 0.2) is 0 Å². The van der Waals surface area contributed by atoms with Crippen molar-refractivity contribution in [2.75, 3.05) is 11.5 Å². The van der Waals surface area contributed by atoms with Crippen molar-refractivity contribution >= 4 is 11.4 Å². The summed E-state index contributed by atoms with van der Waals surface area (Å²) in [7, 11) is 0. The molecule has 11 heavy (non-hydrogen) atoms. The standard InChI is InChI=1S/C8H9N3/c1-5-7(10)2-6(4-9)3-8(5)11/h2-3H,10-11H2,1H3. The smallest absolute Gasteiger partial charge is 0.0993 e. The number of anilines is 2. The number of nitrogens with two attached hydrogens (primary N) is 2. The van der Waals surface area contributed by atoms with Crippen LogP contribution in [-0.4, -0.2) is 0 Å². The van der Waals surface area contributed by atoms with E-state index in [2.05, 4.69) is 0 Å². The zero-order chi connectivity index (χ0) is 8.43. The molecule has 1 aromatic carbocycles. The van der Waals surface area contributed by atoms with Gasteiger partial charge in [0.1, 0.15) is 0 Å². The van der Waals surface area contributed by atoms with Crippen LogP contribution < -0.4 is 11.5 Å². The molecule has 0 saturated carbocycles. The van der Waals surface area contributed by atoms with Gasteiger partial charge >= 0.3 is 0 Å². The Hall–Kier alpha value is -1.69. The van der Waals surface area contributed by atoms with E-state index in [1.54, 1.807) is 12.1 Å². The Kier molecular flexibility index (Phi) is 1.69. The third kappa shape index (κ3) is 1.24. The normalized spacial score (nSPS) is 9.09. The van der Waals surface area contributed by atoms with Crippen LogP contribution in [0.4, 0.5) is 11.4 Å². The molecule has 4 N–H and O–H groups in total. The summed E-state index contributed by atoms with van der Waals surface area (Å²) >= 11 is 0. The van der Waals surface area contributed by atoms with Crippen molar-refractivity contribution in [1.29, 1.82) is 5.26 Å². The van der Waals surface area contributed by atoms with E-state index in [1.807, 2.05) is 13.0 Å². The summed E-state index contributed by atoms with van der Waals surface area (Å²) in [6.07, 6.45) is 0. The highest BCUT2D eigenvalue weighted by Gasteiger charge is 2.00. The van der Waals surface area contributed by atoms with Crippen molar-refractivity contribution in [2.45, 2.75) is 6.92 Å². The van der Waals surface area contributed by atoms with Gasteiger partial charge in [-0.25, -0.2) is 0 Å². The van der Waals surface area contributed by atoms with Gasteiger partial charge in [-0.3, -0.25) is 0 Å². The van der Waals surface area contributed by atoms with Crippen LogP contribution in [0.1, 0.15) is 11.1 Å². The number of benzene rings is 1. The SMILES string of the molecule is Cc1c(N)cc(C#N)cc1N. The summed E-state index contributed by atoms with van der Waals surface area (Å²) < 4.78 is 0. The molecule has 0 heterocycles. The maximum Gasteiger partial charge on any atom is 0.0993 e. The van der Waals surface area contributed by atoms with E-state index in [0.717, 1.165) is 5.56 Å². The summed E-state index contributed by atoms with van der Waals surface area (Å²) in [6.45, 7) is 1.83. The molecular formula is C8H9N3. The number of nitrogens with zero attached hydrogens (tertiary/aromatic N) is 1. The van der Waals surface area contributed by atoms with Crippen molar-refractivity contribution < 1.29 is 0 Å². The van der Waals surface area contributed by atoms with E-state index in [1.165, 1.54) is 0 Å². The Labute approximate surface area is 65.2 Å². The highest BCUT2D eigenvalue weighted by atomic mass is 14.6. The third-order valence-corrected chi connectivity index (χ3v) is 1.62. The molecule has 0 unspecified atom stereocenters. The average molecular weight is 147 g/mol. The number of hydrogen-bond acceptors (Lipinski definition) is 3. The molecule has 0 saturated heterocycles. The molecule has 0 bridgehead atoms.